The number of halogens is 2. The molecule has 168 valence electrons. The van der Waals surface area contributed by atoms with Gasteiger partial charge in [-0.1, -0.05) is 72.6 Å². The molecule has 0 heterocycles. The number of nitrogens with one attached hydrogen (secondary N) is 1. The van der Waals surface area contributed by atoms with Gasteiger partial charge < -0.3 is 5.32 Å². The van der Waals surface area contributed by atoms with E-state index in [1.54, 1.807) is 36.4 Å². The van der Waals surface area contributed by atoms with Crippen molar-refractivity contribution in [3.63, 3.8) is 0 Å². The lowest BCUT2D eigenvalue weighted by molar-refractivity contribution is 0.0951. The SMILES string of the molecule is C[C@@H](CNC(=O)c1ccc(CN(c2ccc(Cl)cc2Cl)S(C)(=O)=O)cc1)c1ccccc1. The number of benzene rings is 3. The lowest BCUT2D eigenvalue weighted by Gasteiger charge is -2.23. The average Bonchev–Trinajstić information content (AvgIpc) is 2.76. The molecule has 0 spiro atoms. The van der Waals surface area contributed by atoms with Crippen LogP contribution in [-0.2, 0) is 16.6 Å². The quantitative estimate of drug-likeness (QED) is 0.453. The number of carbonyl (C=O) groups is 1. The molecule has 0 saturated carbocycles. The van der Waals surface area contributed by atoms with Crippen molar-refractivity contribution in [1.29, 1.82) is 0 Å². The molecule has 0 radical (unpaired) electrons. The summed E-state index contributed by atoms with van der Waals surface area (Å²) in [6.45, 7) is 2.65. The van der Waals surface area contributed by atoms with Gasteiger partial charge in [0, 0.05) is 17.1 Å². The Hall–Kier alpha value is -2.54. The van der Waals surface area contributed by atoms with Crippen LogP contribution in [0, 0.1) is 0 Å². The molecule has 0 fully saturated rings. The van der Waals surface area contributed by atoms with Gasteiger partial charge in [-0.2, -0.15) is 0 Å². The molecule has 3 aromatic carbocycles. The molecule has 3 rings (SSSR count). The zero-order chi connectivity index (χ0) is 23.3. The zero-order valence-corrected chi connectivity index (χ0v) is 20.1. The van der Waals surface area contributed by atoms with E-state index in [9.17, 15) is 13.2 Å². The number of anilines is 1. The van der Waals surface area contributed by atoms with Crippen LogP contribution in [-0.4, -0.2) is 27.1 Å². The van der Waals surface area contributed by atoms with Crippen LogP contribution < -0.4 is 9.62 Å². The second-order valence-corrected chi connectivity index (χ2v) is 10.3. The lowest BCUT2D eigenvalue weighted by atomic mass is 10.0. The number of rotatable bonds is 8. The van der Waals surface area contributed by atoms with E-state index in [0.29, 0.717) is 22.8 Å². The van der Waals surface area contributed by atoms with Gasteiger partial charge in [-0.15, -0.1) is 0 Å². The van der Waals surface area contributed by atoms with Crippen molar-refractivity contribution < 1.29 is 13.2 Å². The Kier molecular flexibility index (Phi) is 7.82. The van der Waals surface area contributed by atoms with E-state index in [1.807, 2.05) is 30.3 Å². The largest absolute Gasteiger partial charge is 0.351 e. The van der Waals surface area contributed by atoms with Crippen molar-refractivity contribution in [3.05, 3.63) is 99.5 Å². The Balaban J connectivity index is 1.69. The second kappa shape index (κ2) is 10.4. The van der Waals surface area contributed by atoms with Gasteiger partial charge in [-0.3, -0.25) is 9.10 Å². The molecular weight excluding hydrogens is 467 g/mol. The molecule has 8 heteroatoms. The van der Waals surface area contributed by atoms with Crippen molar-refractivity contribution in [3.8, 4) is 0 Å². The summed E-state index contributed by atoms with van der Waals surface area (Å²) < 4.78 is 26.0. The van der Waals surface area contributed by atoms with Crippen LogP contribution in [0.2, 0.25) is 10.0 Å². The third-order valence-corrected chi connectivity index (χ3v) is 6.72. The Bertz CT molecular complexity index is 1180. The van der Waals surface area contributed by atoms with Crippen LogP contribution in [0.15, 0.2) is 72.8 Å². The highest BCUT2D eigenvalue weighted by Crippen LogP contribution is 2.31. The van der Waals surface area contributed by atoms with E-state index in [-0.39, 0.29) is 23.4 Å². The summed E-state index contributed by atoms with van der Waals surface area (Å²) in [5.41, 5.74) is 2.72. The summed E-state index contributed by atoms with van der Waals surface area (Å²) in [4.78, 5) is 12.5. The molecular formula is C24H24Cl2N2O3S. The van der Waals surface area contributed by atoms with Crippen LogP contribution >= 0.6 is 23.2 Å². The third-order valence-electron chi connectivity index (χ3n) is 5.06. The smallest absolute Gasteiger partial charge is 0.251 e. The Morgan fingerprint density at radius 2 is 1.66 bits per heavy atom. The minimum Gasteiger partial charge on any atom is -0.351 e. The number of sulfonamides is 1. The minimum atomic E-state index is -3.60. The number of nitrogens with zero attached hydrogens (tertiary/aromatic N) is 1. The predicted octanol–water partition coefficient (Wildman–Crippen LogP) is 5.49. The first-order valence-corrected chi connectivity index (χ1v) is 12.6. The molecule has 32 heavy (non-hydrogen) atoms. The molecule has 1 N–H and O–H groups in total. The normalized spacial score (nSPS) is 12.2. The van der Waals surface area contributed by atoms with Gasteiger partial charge in [0.25, 0.3) is 5.91 Å². The molecule has 3 aromatic rings. The first-order chi connectivity index (χ1) is 15.1. The summed E-state index contributed by atoms with van der Waals surface area (Å²) in [6.07, 6.45) is 1.12. The predicted molar refractivity (Wildman–Crippen MR) is 131 cm³/mol. The van der Waals surface area contributed by atoms with Crippen LogP contribution in [0.3, 0.4) is 0 Å². The summed E-state index contributed by atoms with van der Waals surface area (Å²) in [6, 6.07) is 21.5. The van der Waals surface area contributed by atoms with Crippen molar-refractivity contribution in [2.24, 2.45) is 0 Å². The Labute approximate surface area is 199 Å². The van der Waals surface area contributed by atoms with Gasteiger partial charge >= 0.3 is 0 Å². The van der Waals surface area contributed by atoms with E-state index in [2.05, 4.69) is 12.2 Å². The van der Waals surface area contributed by atoms with Crippen molar-refractivity contribution in [1.82, 2.24) is 5.32 Å². The van der Waals surface area contributed by atoms with Crippen molar-refractivity contribution >= 4 is 44.8 Å². The molecule has 0 aliphatic heterocycles. The van der Waals surface area contributed by atoms with E-state index < -0.39 is 10.0 Å². The molecule has 1 atom stereocenters. The highest BCUT2D eigenvalue weighted by molar-refractivity contribution is 7.92. The fourth-order valence-electron chi connectivity index (χ4n) is 3.24. The average molecular weight is 491 g/mol. The Morgan fingerprint density at radius 1 is 1.00 bits per heavy atom. The summed E-state index contributed by atoms with van der Waals surface area (Å²) >= 11 is 12.2. The van der Waals surface area contributed by atoms with Gasteiger partial charge in [0.15, 0.2) is 0 Å². The van der Waals surface area contributed by atoms with E-state index in [4.69, 9.17) is 23.2 Å². The molecule has 0 aromatic heterocycles. The summed E-state index contributed by atoms with van der Waals surface area (Å²) in [5, 5.41) is 3.61. The van der Waals surface area contributed by atoms with Crippen molar-refractivity contribution in [2.75, 3.05) is 17.1 Å². The van der Waals surface area contributed by atoms with Gasteiger partial charge in [0.2, 0.25) is 10.0 Å². The van der Waals surface area contributed by atoms with Gasteiger partial charge in [-0.05, 0) is 47.4 Å². The van der Waals surface area contributed by atoms with Crippen LogP contribution in [0.5, 0.6) is 0 Å². The van der Waals surface area contributed by atoms with Crippen LogP contribution in [0.4, 0.5) is 5.69 Å². The highest BCUT2D eigenvalue weighted by atomic mass is 35.5. The number of hydrogen-bond donors (Lipinski definition) is 1. The van der Waals surface area contributed by atoms with Crippen LogP contribution in [0.25, 0.3) is 0 Å². The maximum atomic E-state index is 12.5. The van der Waals surface area contributed by atoms with Crippen LogP contribution in [0.1, 0.15) is 34.3 Å². The fourth-order valence-corrected chi connectivity index (χ4v) is 4.70. The standard InChI is InChI=1S/C24H24Cl2N2O3S/c1-17(19-6-4-3-5-7-19)15-27-24(29)20-10-8-18(9-11-20)16-28(32(2,30)31)23-13-12-21(25)14-22(23)26/h3-14,17H,15-16H2,1-2H3,(H,27,29)/t17-/m0/s1. The molecule has 0 bridgehead atoms. The number of amides is 1. The van der Waals surface area contributed by atoms with Gasteiger partial charge in [0.1, 0.15) is 0 Å². The topological polar surface area (TPSA) is 66.5 Å². The minimum absolute atomic E-state index is 0.0765. The van der Waals surface area contributed by atoms with E-state index >= 15 is 0 Å². The second-order valence-electron chi connectivity index (χ2n) is 7.58. The summed E-state index contributed by atoms with van der Waals surface area (Å²) in [5.74, 6) is 0.00640. The fraction of sp³-hybridized carbons (Fsp3) is 0.208. The van der Waals surface area contributed by atoms with Crippen molar-refractivity contribution in [2.45, 2.75) is 19.4 Å². The third kappa shape index (κ3) is 6.25. The maximum Gasteiger partial charge on any atom is 0.251 e. The monoisotopic (exact) mass is 490 g/mol. The highest BCUT2D eigenvalue weighted by Gasteiger charge is 2.21. The lowest BCUT2D eigenvalue weighted by Crippen LogP contribution is -2.30. The Morgan fingerprint density at radius 3 is 2.25 bits per heavy atom. The molecule has 0 unspecified atom stereocenters. The molecule has 5 nitrogen and oxygen atoms in total. The first kappa shape index (κ1) is 24.1. The first-order valence-electron chi connectivity index (χ1n) is 10.00. The van der Waals surface area contributed by atoms with E-state index in [1.165, 1.54) is 10.4 Å². The summed E-state index contributed by atoms with van der Waals surface area (Å²) in [7, 11) is -3.60. The number of carbonyl (C=O) groups excluding carboxylic acids is 1. The molecule has 0 saturated heterocycles. The zero-order valence-electron chi connectivity index (χ0n) is 17.8. The number of hydrogen-bond acceptors (Lipinski definition) is 3. The van der Waals surface area contributed by atoms with Gasteiger partial charge in [-0.25, -0.2) is 8.42 Å². The molecule has 1 amide bonds. The molecule has 0 aliphatic rings. The van der Waals surface area contributed by atoms with E-state index in [0.717, 1.165) is 17.4 Å². The maximum absolute atomic E-state index is 12.5. The molecule has 0 aliphatic carbocycles. The van der Waals surface area contributed by atoms with Gasteiger partial charge in [0.05, 0.1) is 23.5 Å².